The average molecular weight is 231 g/mol. The van der Waals surface area contributed by atoms with E-state index in [9.17, 15) is 0 Å². The third kappa shape index (κ3) is 2.74. The van der Waals surface area contributed by atoms with Crippen LogP contribution in [0.15, 0.2) is 24.3 Å². The molecule has 2 heteroatoms. The summed E-state index contributed by atoms with van der Waals surface area (Å²) in [4.78, 5) is 0. The number of nitrogens with one attached hydrogen (secondary N) is 1. The fourth-order valence-corrected chi connectivity index (χ4v) is 2.62. The lowest BCUT2D eigenvalue weighted by atomic mass is 9.93. The second-order valence-corrected chi connectivity index (χ2v) is 5.32. The van der Waals surface area contributed by atoms with Gasteiger partial charge < -0.3 is 10.1 Å². The summed E-state index contributed by atoms with van der Waals surface area (Å²) in [6.45, 7) is 0. The van der Waals surface area contributed by atoms with E-state index in [-0.39, 0.29) is 0 Å². The minimum Gasteiger partial charge on any atom is -0.490 e. The van der Waals surface area contributed by atoms with Crippen molar-refractivity contribution < 1.29 is 4.74 Å². The molecule has 0 saturated heterocycles. The zero-order chi connectivity index (χ0) is 11.5. The quantitative estimate of drug-likeness (QED) is 0.846. The summed E-state index contributed by atoms with van der Waals surface area (Å²) in [7, 11) is 0. The summed E-state index contributed by atoms with van der Waals surface area (Å²) in [5, 5.41) is 3.54. The Morgan fingerprint density at radius 3 is 2.18 bits per heavy atom. The molecule has 2 nitrogen and oxygen atoms in total. The molecule has 0 spiro atoms. The predicted octanol–water partition coefficient (Wildman–Crippen LogP) is 3.97. The minimum atomic E-state index is 0.459. The highest BCUT2D eigenvalue weighted by atomic mass is 16.5. The standard InChI is InChI=1S/C15H21NO/c1-2-7-14(6-1)17-15-10-8-13(9-11-15)16-12-4-3-5-12/h8-12,14,16H,1-7H2. The Labute approximate surface area is 103 Å². The number of rotatable bonds is 4. The highest BCUT2D eigenvalue weighted by molar-refractivity contribution is 5.47. The molecule has 2 fully saturated rings. The molecule has 2 aliphatic carbocycles. The monoisotopic (exact) mass is 231 g/mol. The lowest BCUT2D eigenvalue weighted by Crippen LogP contribution is -2.26. The van der Waals surface area contributed by atoms with Crippen molar-refractivity contribution in [3.8, 4) is 5.75 Å². The molecule has 2 saturated carbocycles. The zero-order valence-corrected chi connectivity index (χ0v) is 10.3. The van der Waals surface area contributed by atoms with Crippen molar-refractivity contribution in [2.24, 2.45) is 0 Å². The molecule has 0 unspecified atom stereocenters. The third-order valence-corrected chi connectivity index (χ3v) is 3.94. The van der Waals surface area contributed by atoms with E-state index in [0.717, 1.165) is 5.75 Å². The molecule has 2 aliphatic rings. The Kier molecular flexibility index (Phi) is 3.21. The highest BCUT2D eigenvalue weighted by Crippen LogP contribution is 2.27. The highest BCUT2D eigenvalue weighted by Gasteiger charge is 2.18. The molecule has 0 radical (unpaired) electrons. The number of benzene rings is 1. The van der Waals surface area contributed by atoms with Gasteiger partial charge in [0.15, 0.2) is 0 Å². The molecule has 92 valence electrons. The van der Waals surface area contributed by atoms with Gasteiger partial charge in [0, 0.05) is 11.7 Å². The fourth-order valence-electron chi connectivity index (χ4n) is 2.62. The van der Waals surface area contributed by atoms with E-state index in [2.05, 4.69) is 29.6 Å². The van der Waals surface area contributed by atoms with Crippen LogP contribution < -0.4 is 10.1 Å². The summed E-state index contributed by atoms with van der Waals surface area (Å²) in [5.74, 6) is 1.02. The molecule has 1 aromatic rings. The lowest BCUT2D eigenvalue weighted by molar-refractivity contribution is 0.210. The Balaban J connectivity index is 1.55. The molecule has 0 atom stereocenters. The molecule has 0 amide bonds. The summed E-state index contributed by atoms with van der Waals surface area (Å²) in [5.41, 5.74) is 1.23. The van der Waals surface area contributed by atoms with Crippen molar-refractivity contribution in [3.63, 3.8) is 0 Å². The van der Waals surface area contributed by atoms with E-state index in [4.69, 9.17) is 4.74 Å². The average Bonchev–Trinajstić information content (AvgIpc) is 2.78. The largest absolute Gasteiger partial charge is 0.490 e. The van der Waals surface area contributed by atoms with Gasteiger partial charge >= 0.3 is 0 Å². The molecular weight excluding hydrogens is 210 g/mol. The van der Waals surface area contributed by atoms with Gasteiger partial charge in [0.05, 0.1) is 6.10 Å². The number of ether oxygens (including phenoxy) is 1. The summed E-state index contributed by atoms with van der Waals surface area (Å²) < 4.78 is 5.95. The van der Waals surface area contributed by atoms with Gasteiger partial charge in [-0.3, -0.25) is 0 Å². The first-order valence-electron chi connectivity index (χ1n) is 6.93. The molecule has 1 N–H and O–H groups in total. The van der Waals surface area contributed by atoms with Crippen molar-refractivity contribution in [3.05, 3.63) is 24.3 Å². The van der Waals surface area contributed by atoms with E-state index >= 15 is 0 Å². The van der Waals surface area contributed by atoms with E-state index in [1.165, 1.54) is 50.6 Å². The van der Waals surface area contributed by atoms with E-state index < -0.39 is 0 Å². The van der Waals surface area contributed by atoms with Crippen LogP contribution in [0, 0.1) is 0 Å². The van der Waals surface area contributed by atoms with Gasteiger partial charge in [-0.1, -0.05) is 0 Å². The smallest absolute Gasteiger partial charge is 0.119 e. The van der Waals surface area contributed by atoms with Crippen LogP contribution in [0.3, 0.4) is 0 Å². The van der Waals surface area contributed by atoms with Gasteiger partial charge in [0.25, 0.3) is 0 Å². The number of hydrogen-bond donors (Lipinski definition) is 1. The van der Waals surface area contributed by atoms with Gasteiger partial charge in [-0.25, -0.2) is 0 Å². The summed E-state index contributed by atoms with van der Waals surface area (Å²) in [6.07, 6.45) is 9.57. The molecule has 0 aromatic heterocycles. The van der Waals surface area contributed by atoms with Crippen molar-refractivity contribution in [2.75, 3.05) is 5.32 Å². The molecule has 0 bridgehead atoms. The molecule has 0 aliphatic heterocycles. The van der Waals surface area contributed by atoms with Crippen LogP contribution >= 0.6 is 0 Å². The topological polar surface area (TPSA) is 21.3 Å². The minimum absolute atomic E-state index is 0.459. The van der Waals surface area contributed by atoms with E-state index in [1.54, 1.807) is 0 Å². The predicted molar refractivity (Wildman–Crippen MR) is 70.6 cm³/mol. The lowest BCUT2D eigenvalue weighted by Gasteiger charge is -2.27. The van der Waals surface area contributed by atoms with Gasteiger partial charge in [-0.15, -0.1) is 0 Å². The second-order valence-electron chi connectivity index (χ2n) is 5.32. The van der Waals surface area contributed by atoms with Gasteiger partial charge in [-0.2, -0.15) is 0 Å². The van der Waals surface area contributed by atoms with Crippen LogP contribution in [0.4, 0.5) is 5.69 Å². The Morgan fingerprint density at radius 1 is 0.882 bits per heavy atom. The van der Waals surface area contributed by atoms with Crippen LogP contribution in [0.2, 0.25) is 0 Å². The Morgan fingerprint density at radius 2 is 1.59 bits per heavy atom. The third-order valence-electron chi connectivity index (χ3n) is 3.94. The fraction of sp³-hybridized carbons (Fsp3) is 0.600. The van der Waals surface area contributed by atoms with E-state index in [0.29, 0.717) is 12.1 Å². The maximum absolute atomic E-state index is 5.95. The summed E-state index contributed by atoms with van der Waals surface area (Å²) in [6, 6.07) is 9.18. The van der Waals surface area contributed by atoms with Gasteiger partial charge in [0.1, 0.15) is 5.75 Å². The van der Waals surface area contributed by atoms with Crippen molar-refractivity contribution >= 4 is 5.69 Å². The molecule has 3 rings (SSSR count). The maximum Gasteiger partial charge on any atom is 0.119 e. The molecule has 1 aromatic carbocycles. The van der Waals surface area contributed by atoms with Crippen LogP contribution in [0.1, 0.15) is 44.9 Å². The first kappa shape index (κ1) is 10.9. The first-order valence-corrected chi connectivity index (χ1v) is 6.93. The van der Waals surface area contributed by atoms with Gasteiger partial charge in [-0.05, 0) is 69.2 Å². The van der Waals surface area contributed by atoms with Crippen LogP contribution in [0.5, 0.6) is 5.75 Å². The first-order chi connectivity index (χ1) is 8.40. The van der Waals surface area contributed by atoms with Crippen LogP contribution in [-0.4, -0.2) is 12.1 Å². The van der Waals surface area contributed by atoms with Crippen molar-refractivity contribution in [2.45, 2.75) is 57.1 Å². The normalized spacial score (nSPS) is 21.2. The number of hydrogen-bond acceptors (Lipinski definition) is 2. The molecule has 0 heterocycles. The van der Waals surface area contributed by atoms with Crippen molar-refractivity contribution in [1.29, 1.82) is 0 Å². The zero-order valence-electron chi connectivity index (χ0n) is 10.3. The van der Waals surface area contributed by atoms with Crippen LogP contribution in [-0.2, 0) is 0 Å². The van der Waals surface area contributed by atoms with Crippen LogP contribution in [0.25, 0.3) is 0 Å². The SMILES string of the molecule is c1cc(OC2CCCC2)ccc1NC1CCC1. The summed E-state index contributed by atoms with van der Waals surface area (Å²) >= 11 is 0. The van der Waals surface area contributed by atoms with E-state index in [1.807, 2.05) is 0 Å². The van der Waals surface area contributed by atoms with Gasteiger partial charge in [0.2, 0.25) is 0 Å². The molecule has 17 heavy (non-hydrogen) atoms. The Hall–Kier alpha value is -1.18. The second kappa shape index (κ2) is 4.99. The Bertz CT molecular complexity index is 350. The maximum atomic E-state index is 5.95. The number of anilines is 1. The van der Waals surface area contributed by atoms with Crippen molar-refractivity contribution in [1.82, 2.24) is 0 Å². The molecular formula is C15H21NO.